The van der Waals surface area contributed by atoms with E-state index >= 15 is 0 Å². The standard InChI is InChI=1S/C20H32O21S2/c1-6-15(36-42-40-38-29)14(25)16(37-43-41-39-30)20(33-6)32-4-7-8(18(28)34-11(3-21)12(7)23)5-31-19-13(24)9(22)2-10(35-19)17(26)27/h2,6-9,11-16,18-25,28-30H,3-5H2,1H3,(H,26,27)/t6?,7-,8?,9+,11?,12-,13?,14-,15+,16?,18-,19+,20+/m0/s1. The topological polar surface area (TPSA) is 301 Å². The molecule has 0 spiro atoms. The molecular formula is C20H32O21S2. The van der Waals surface area contributed by atoms with Crippen LogP contribution in [0.15, 0.2) is 11.8 Å². The van der Waals surface area contributed by atoms with Gasteiger partial charge in [-0.25, -0.2) is 15.3 Å². The summed E-state index contributed by atoms with van der Waals surface area (Å²) in [7, 11) is 0. The van der Waals surface area contributed by atoms with Crippen LogP contribution >= 0.6 is 24.6 Å². The monoisotopic (exact) mass is 672 g/mol. The molecule has 3 rings (SSSR count). The molecule has 3 aliphatic rings. The summed E-state index contributed by atoms with van der Waals surface area (Å²) in [6, 6.07) is 0. The first kappa shape index (κ1) is 36.5. The van der Waals surface area contributed by atoms with Crippen molar-refractivity contribution in [1.82, 2.24) is 0 Å². The molecule has 2 fully saturated rings. The van der Waals surface area contributed by atoms with Gasteiger partial charge in [-0.05, 0) is 13.0 Å². The average molecular weight is 673 g/mol. The summed E-state index contributed by atoms with van der Waals surface area (Å²) >= 11 is 0.229. The highest BCUT2D eigenvalue weighted by molar-refractivity contribution is 7.90. The van der Waals surface area contributed by atoms with Gasteiger partial charge >= 0.3 is 5.97 Å². The zero-order valence-corrected chi connectivity index (χ0v) is 23.6. The molecular weight excluding hydrogens is 640 g/mol. The third-order valence-corrected chi connectivity index (χ3v) is 7.55. The molecule has 0 bridgehead atoms. The molecule has 23 heteroatoms. The van der Waals surface area contributed by atoms with Gasteiger partial charge in [0.1, 0.15) is 30.5 Å². The fourth-order valence-corrected chi connectivity index (χ4v) is 5.28. The smallest absolute Gasteiger partial charge is 0.371 e. The predicted molar refractivity (Wildman–Crippen MR) is 130 cm³/mol. The molecule has 0 aromatic rings. The minimum atomic E-state index is -1.71. The number of ether oxygens (including phenoxy) is 5. The highest BCUT2D eigenvalue weighted by Gasteiger charge is 2.50. The Morgan fingerprint density at radius 1 is 0.860 bits per heavy atom. The van der Waals surface area contributed by atoms with Gasteiger partial charge in [0.25, 0.3) is 0 Å². The normalized spacial score (nSPS) is 40.1. The summed E-state index contributed by atoms with van der Waals surface area (Å²) in [4.78, 5) is 11.3. The molecule has 0 aromatic carbocycles. The number of carboxylic acids is 1. The maximum atomic E-state index is 11.3. The number of hydrogen-bond acceptors (Lipinski definition) is 22. The van der Waals surface area contributed by atoms with Crippen LogP contribution in [0.1, 0.15) is 6.92 Å². The van der Waals surface area contributed by atoms with E-state index in [0.717, 1.165) is 6.08 Å². The van der Waals surface area contributed by atoms with E-state index in [4.69, 9.17) is 47.7 Å². The van der Waals surface area contributed by atoms with Crippen LogP contribution in [0.4, 0.5) is 0 Å². The predicted octanol–water partition coefficient (Wildman–Crippen LogP) is -2.79. The minimum Gasteiger partial charge on any atom is -0.475 e. The lowest BCUT2D eigenvalue weighted by Crippen LogP contribution is -2.60. The number of hydrogen-bond donors (Lipinski definition) is 9. The molecule has 0 aromatic heterocycles. The Kier molecular flexibility index (Phi) is 14.9. The largest absolute Gasteiger partial charge is 0.475 e. The van der Waals surface area contributed by atoms with Gasteiger partial charge in [0.2, 0.25) is 12.0 Å². The fraction of sp³-hybridized carbons (Fsp3) is 0.850. The number of aliphatic hydroxyl groups excluding tert-OH is 6. The zero-order chi connectivity index (χ0) is 31.7. The summed E-state index contributed by atoms with van der Waals surface area (Å²) < 4.78 is 46.0. The van der Waals surface area contributed by atoms with Gasteiger partial charge in [0, 0.05) is 11.8 Å². The quantitative estimate of drug-likeness (QED) is 0.0346. The molecule has 43 heavy (non-hydrogen) atoms. The lowest BCUT2D eigenvalue weighted by Gasteiger charge is -2.45. The first-order chi connectivity index (χ1) is 20.5. The first-order valence-corrected chi connectivity index (χ1v) is 13.6. The van der Waals surface area contributed by atoms with Crippen molar-refractivity contribution >= 4 is 30.6 Å². The van der Waals surface area contributed by atoms with E-state index in [9.17, 15) is 35.4 Å². The van der Waals surface area contributed by atoms with Crippen molar-refractivity contribution in [3.8, 4) is 0 Å². The maximum absolute atomic E-state index is 11.3. The molecule has 13 atom stereocenters. The minimum absolute atomic E-state index is 0.0749. The van der Waals surface area contributed by atoms with Crippen molar-refractivity contribution in [3.63, 3.8) is 0 Å². The first-order valence-electron chi connectivity index (χ1n) is 12.3. The molecule has 0 saturated carbocycles. The van der Waals surface area contributed by atoms with Crippen molar-refractivity contribution in [1.29, 1.82) is 0 Å². The lowest BCUT2D eigenvalue weighted by molar-refractivity contribution is -0.435. The summed E-state index contributed by atoms with van der Waals surface area (Å²) in [5.41, 5.74) is 0. The van der Waals surface area contributed by atoms with Crippen molar-refractivity contribution in [2.45, 2.75) is 74.6 Å². The highest BCUT2D eigenvalue weighted by Crippen LogP contribution is 2.35. The van der Waals surface area contributed by atoms with Gasteiger partial charge in [-0.1, -0.05) is 10.1 Å². The summed E-state index contributed by atoms with van der Waals surface area (Å²) in [5, 5.41) is 94.9. The number of aliphatic hydroxyl groups is 6. The van der Waals surface area contributed by atoms with Crippen LogP contribution in [-0.4, -0.2) is 140 Å². The molecule has 2 saturated heterocycles. The molecule has 3 heterocycles. The Morgan fingerprint density at radius 2 is 1.47 bits per heavy atom. The van der Waals surface area contributed by atoms with E-state index in [1.54, 1.807) is 0 Å². The SMILES string of the molecule is CC1O[C@@H](OC[C@H]2C(CO[C@@H]3OC(C(=O)O)=C[C@@H](O)C3O)[C@@H](O)OC(CO)[C@H]2O)C(OSOOO)[C@@H](O)[C@@H]1OSOOO. The molecule has 3 aliphatic heterocycles. The number of carbonyl (C=O) groups is 1. The van der Waals surface area contributed by atoms with Crippen LogP contribution < -0.4 is 0 Å². The van der Waals surface area contributed by atoms with Gasteiger partial charge < -0.3 is 59.4 Å². The Balaban J connectivity index is 1.73. The van der Waals surface area contributed by atoms with Crippen molar-refractivity contribution in [3.05, 3.63) is 11.8 Å². The van der Waals surface area contributed by atoms with E-state index < -0.39 is 111 Å². The zero-order valence-electron chi connectivity index (χ0n) is 21.9. The van der Waals surface area contributed by atoms with Gasteiger partial charge in [0.05, 0.1) is 32.0 Å². The summed E-state index contributed by atoms with van der Waals surface area (Å²) in [6.07, 6.45) is -15.3. The Hall–Kier alpha value is -1.01. The maximum Gasteiger partial charge on any atom is 0.371 e. The molecule has 0 radical (unpaired) electrons. The number of carboxylic acid groups (broad SMARTS) is 1. The van der Waals surface area contributed by atoms with E-state index in [2.05, 4.69) is 18.7 Å². The van der Waals surface area contributed by atoms with Crippen LogP contribution in [0.5, 0.6) is 0 Å². The van der Waals surface area contributed by atoms with Crippen LogP contribution in [0, 0.1) is 11.8 Å². The Labute approximate surface area is 250 Å². The molecule has 5 unspecified atom stereocenters. The van der Waals surface area contributed by atoms with Crippen LogP contribution in [-0.2, 0) is 55.6 Å². The van der Waals surface area contributed by atoms with E-state index in [0.29, 0.717) is 0 Å². The highest BCUT2D eigenvalue weighted by atomic mass is 32.2. The molecule has 250 valence electrons. The third kappa shape index (κ3) is 9.50. The number of rotatable bonds is 16. The summed E-state index contributed by atoms with van der Waals surface area (Å²) in [6.45, 7) is -0.264. The van der Waals surface area contributed by atoms with Crippen molar-refractivity contribution in [2.75, 3.05) is 19.8 Å². The second-order valence-electron chi connectivity index (χ2n) is 9.28. The van der Waals surface area contributed by atoms with Gasteiger partial charge in [-0.15, -0.1) is 8.67 Å². The molecule has 0 amide bonds. The summed E-state index contributed by atoms with van der Waals surface area (Å²) in [5.74, 6) is -4.51. The van der Waals surface area contributed by atoms with E-state index in [-0.39, 0.29) is 24.6 Å². The Morgan fingerprint density at radius 3 is 2.07 bits per heavy atom. The van der Waals surface area contributed by atoms with E-state index in [1.165, 1.54) is 6.92 Å². The average Bonchev–Trinajstić information content (AvgIpc) is 2.97. The molecule has 21 nitrogen and oxygen atoms in total. The van der Waals surface area contributed by atoms with Crippen molar-refractivity contribution < 1.29 is 102 Å². The van der Waals surface area contributed by atoms with Gasteiger partial charge in [-0.2, -0.15) is 0 Å². The van der Waals surface area contributed by atoms with Crippen LogP contribution in [0.3, 0.4) is 0 Å². The molecule has 9 N–H and O–H groups in total. The fourth-order valence-electron chi connectivity index (χ4n) is 4.51. The second-order valence-corrected chi connectivity index (χ2v) is 10.2. The number of aliphatic carboxylic acids is 1. The Bertz CT molecular complexity index is 886. The van der Waals surface area contributed by atoms with E-state index in [1.807, 2.05) is 0 Å². The van der Waals surface area contributed by atoms with Gasteiger partial charge in [0.15, 0.2) is 43.3 Å². The van der Waals surface area contributed by atoms with Crippen molar-refractivity contribution in [2.24, 2.45) is 11.8 Å². The van der Waals surface area contributed by atoms with Crippen LogP contribution in [0.2, 0.25) is 0 Å². The third-order valence-electron chi connectivity index (χ3n) is 6.71. The van der Waals surface area contributed by atoms with Gasteiger partial charge in [-0.3, -0.25) is 8.37 Å². The van der Waals surface area contributed by atoms with Crippen LogP contribution in [0.25, 0.3) is 0 Å². The lowest BCUT2D eigenvalue weighted by atomic mass is 9.83. The molecule has 0 aliphatic carbocycles. The second kappa shape index (κ2) is 17.6.